The lowest BCUT2D eigenvalue weighted by atomic mass is 10.1. The summed E-state index contributed by atoms with van der Waals surface area (Å²) in [4.78, 5) is 24.6. The van der Waals surface area contributed by atoms with Crippen molar-refractivity contribution in [2.24, 2.45) is 0 Å². The van der Waals surface area contributed by atoms with Gasteiger partial charge in [0.2, 0.25) is 5.91 Å². The normalized spacial score (nSPS) is 20.7. The first kappa shape index (κ1) is 13.2. The van der Waals surface area contributed by atoms with Crippen molar-refractivity contribution in [3.05, 3.63) is 15.4 Å². The van der Waals surface area contributed by atoms with Gasteiger partial charge in [-0.3, -0.25) is 9.59 Å². The highest BCUT2D eigenvalue weighted by atomic mass is 32.2. The minimum atomic E-state index is -3.83. The summed E-state index contributed by atoms with van der Waals surface area (Å²) in [5.74, 6) is -0.328. The minimum Gasteiger partial charge on any atom is -0.355 e. The molecule has 1 aliphatic heterocycles. The van der Waals surface area contributed by atoms with Gasteiger partial charge in [0.05, 0.1) is 0 Å². The molecule has 3 N–H and O–H groups in total. The summed E-state index contributed by atoms with van der Waals surface area (Å²) in [6.07, 6.45) is 1.19. The van der Waals surface area contributed by atoms with Gasteiger partial charge in [-0.05, 0) is 19.8 Å². The first-order chi connectivity index (χ1) is 8.40. The molecule has 100 valence electrons. The van der Waals surface area contributed by atoms with Gasteiger partial charge in [-0.25, -0.2) is 8.42 Å². The summed E-state index contributed by atoms with van der Waals surface area (Å²) in [7, 11) is -3.83. The molecule has 0 bridgehead atoms. The lowest BCUT2D eigenvalue weighted by Crippen LogP contribution is -2.50. The molecule has 0 spiro atoms. The maximum absolute atomic E-state index is 12.0. The van der Waals surface area contributed by atoms with E-state index in [0.717, 1.165) is 6.42 Å². The number of aryl methyl sites for hydroxylation is 1. The van der Waals surface area contributed by atoms with Gasteiger partial charge in [-0.2, -0.15) is 4.72 Å². The Bertz CT molecular complexity index is 616. The van der Waals surface area contributed by atoms with Gasteiger partial charge in [-0.1, -0.05) is 11.3 Å². The predicted molar refractivity (Wildman–Crippen MR) is 66.0 cm³/mol. The Labute approximate surface area is 108 Å². The van der Waals surface area contributed by atoms with Crippen LogP contribution in [0.25, 0.3) is 0 Å². The van der Waals surface area contributed by atoms with Crippen LogP contribution in [0.5, 0.6) is 0 Å². The van der Waals surface area contributed by atoms with Crippen LogP contribution in [0.15, 0.2) is 9.00 Å². The number of thiazole rings is 1. The summed E-state index contributed by atoms with van der Waals surface area (Å²) in [6.45, 7) is 2.07. The molecule has 1 aromatic rings. The quantitative estimate of drug-likeness (QED) is 0.684. The van der Waals surface area contributed by atoms with Gasteiger partial charge in [0.25, 0.3) is 10.0 Å². The van der Waals surface area contributed by atoms with Crippen molar-refractivity contribution in [1.82, 2.24) is 15.0 Å². The third kappa shape index (κ3) is 2.62. The van der Waals surface area contributed by atoms with Crippen molar-refractivity contribution in [3.8, 4) is 0 Å². The van der Waals surface area contributed by atoms with Gasteiger partial charge in [0, 0.05) is 12.2 Å². The number of rotatable bonds is 3. The van der Waals surface area contributed by atoms with Crippen LogP contribution in [0, 0.1) is 6.92 Å². The Morgan fingerprint density at radius 1 is 1.39 bits per heavy atom. The molecule has 1 unspecified atom stereocenters. The smallest absolute Gasteiger partial charge is 0.305 e. The van der Waals surface area contributed by atoms with Crippen LogP contribution >= 0.6 is 11.3 Å². The van der Waals surface area contributed by atoms with Crippen molar-refractivity contribution in [2.75, 3.05) is 6.54 Å². The molecule has 1 atom stereocenters. The van der Waals surface area contributed by atoms with Crippen molar-refractivity contribution in [2.45, 2.75) is 30.0 Å². The molecular weight excluding hydrogens is 278 g/mol. The van der Waals surface area contributed by atoms with Crippen molar-refractivity contribution < 1.29 is 13.2 Å². The highest BCUT2D eigenvalue weighted by molar-refractivity contribution is 7.91. The lowest BCUT2D eigenvalue weighted by molar-refractivity contribution is -0.124. The second-order valence-electron chi connectivity index (χ2n) is 4.03. The summed E-state index contributed by atoms with van der Waals surface area (Å²) in [5.41, 5.74) is 0.286. The molecule has 1 aromatic heterocycles. The van der Waals surface area contributed by atoms with E-state index in [2.05, 4.69) is 15.0 Å². The van der Waals surface area contributed by atoms with Crippen LogP contribution in [0.3, 0.4) is 0 Å². The number of amides is 1. The van der Waals surface area contributed by atoms with E-state index in [1.807, 2.05) is 0 Å². The van der Waals surface area contributed by atoms with E-state index < -0.39 is 20.9 Å². The zero-order chi connectivity index (χ0) is 13.3. The standard InChI is InChI=1S/C9H13N3O4S2/c1-5-8(17-9(14)11-5)18(15,16)12-6-3-2-4-10-7(6)13/h6,12H,2-4H2,1H3,(H,10,13)(H,11,14). The number of carbonyl (C=O) groups excluding carboxylic acids is 1. The van der Waals surface area contributed by atoms with E-state index in [1.54, 1.807) is 0 Å². The number of hydrogen-bond donors (Lipinski definition) is 3. The van der Waals surface area contributed by atoms with E-state index in [1.165, 1.54) is 6.92 Å². The number of nitrogens with one attached hydrogen (secondary N) is 3. The molecule has 2 heterocycles. The molecule has 1 aliphatic rings. The molecular formula is C9H13N3O4S2. The molecule has 0 saturated carbocycles. The van der Waals surface area contributed by atoms with Crippen LogP contribution in [0.4, 0.5) is 0 Å². The highest BCUT2D eigenvalue weighted by Gasteiger charge is 2.29. The van der Waals surface area contributed by atoms with Crippen LogP contribution in [-0.4, -0.2) is 31.9 Å². The average molecular weight is 291 g/mol. The molecule has 9 heteroatoms. The summed E-state index contributed by atoms with van der Waals surface area (Å²) in [6, 6.07) is -0.764. The Balaban J connectivity index is 2.24. The monoisotopic (exact) mass is 291 g/mol. The Morgan fingerprint density at radius 2 is 2.11 bits per heavy atom. The molecule has 7 nitrogen and oxygen atoms in total. The number of sulfonamides is 1. The van der Waals surface area contributed by atoms with E-state index >= 15 is 0 Å². The Kier molecular flexibility index (Phi) is 3.55. The summed E-state index contributed by atoms with van der Waals surface area (Å²) >= 11 is 0.618. The van der Waals surface area contributed by atoms with E-state index in [9.17, 15) is 18.0 Å². The SMILES string of the molecule is Cc1[nH]c(=O)sc1S(=O)(=O)NC1CCCNC1=O. The second kappa shape index (κ2) is 4.82. The van der Waals surface area contributed by atoms with Gasteiger partial charge in [0.1, 0.15) is 6.04 Å². The van der Waals surface area contributed by atoms with Crippen LogP contribution in [-0.2, 0) is 14.8 Å². The Morgan fingerprint density at radius 3 is 2.67 bits per heavy atom. The van der Waals surface area contributed by atoms with Crippen molar-refractivity contribution in [3.63, 3.8) is 0 Å². The highest BCUT2D eigenvalue weighted by Crippen LogP contribution is 2.17. The molecule has 2 rings (SSSR count). The van der Waals surface area contributed by atoms with Crippen molar-refractivity contribution in [1.29, 1.82) is 0 Å². The zero-order valence-corrected chi connectivity index (χ0v) is 11.3. The van der Waals surface area contributed by atoms with Gasteiger partial charge in [-0.15, -0.1) is 0 Å². The first-order valence-corrected chi connectivity index (χ1v) is 7.70. The molecule has 1 saturated heterocycles. The number of carbonyl (C=O) groups is 1. The number of aromatic amines is 1. The maximum atomic E-state index is 12.0. The van der Waals surface area contributed by atoms with E-state index in [0.29, 0.717) is 24.3 Å². The van der Waals surface area contributed by atoms with E-state index in [-0.39, 0.29) is 15.8 Å². The molecule has 0 radical (unpaired) electrons. The van der Waals surface area contributed by atoms with Crippen molar-refractivity contribution >= 4 is 27.3 Å². The van der Waals surface area contributed by atoms with E-state index in [4.69, 9.17) is 0 Å². The molecule has 1 fully saturated rings. The van der Waals surface area contributed by atoms with Crippen LogP contribution in [0.2, 0.25) is 0 Å². The molecule has 0 aromatic carbocycles. The summed E-state index contributed by atoms with van der Waals surface area (Å²) in [5, 5.41) is 2.59. The minimum absolute atomic E-state index is 0.0640. The number of aromatic nitrogens is 1. The number of H-pyrrole nitrogens is 1. The Hall–Kier alpha value is -1.19. The zero-order valence-electron chi connectivity index (χ0n) is 9.65. The topological polar surface area (TPSA) is 108 Å². The number of hydrogen-bond acceptors (Lipinski definition) is 5. The molecule has 1 amide bonds. The van der Waals surface area contributed by atoms with Gasteiger partial charge >= 0.3 is 4.87 Å². The second-order valence-corrected chi connectivity index (χ2v) is 6.93. The number of piperidine rings is 1. The fourth-order valence-corrected chi connectivity index (χ4v) is 4.32. The third-order valence-electron chi connectivity index (χ3n) is 2.61. The largest absolute Gasteiger partial charge is 0.355 e. The van der Waals surface area contributed by atoms with Crippen LogP contribution in [0.1, 0.15) is 18.5 Å². The van der Waals surface area contributed by atoms with Crippen LogP contribution < -0.4 is 14.9 Å². The average Bonchev–Trinajstić information content (AvgIpc) is 2.62. The maximum Gasteiger partial charge on any atom is 0.305 e. The van der Waals surface area contributed by atoms with Gasteiger partial charge in [0.15, 0.2) is 4.21 Å². The lowest BCUT2D eigenvalue weighted by Gasteiger charge is -2.22. The fourth-order valence-electron chi connectivity index (χ4n) is 1.77. The van der Waals surface area contributed by atoms with Gasteiger partial charge < -0.3 is 10.3 Å². The summed E-state index contributed by atoms with van der Waals surface area (Å²) < 4.78 is 26.3. The fraction of sp³-hybridized carbons (Fsp3) is 0.556. The first-order valence-electron chi connectivity index (χ1n) is 5.40. The predicted octanol–water partition coefficient (Wildman–Crippen LogP) is -0.698. The third-order valence-corrected chi connectivity index (χ3v) is 5.68. The molecule has 18 heavy (non-hydrogen) atoms. The molecule has 0 aliphatic carbocycles.